The van der Waals surface area contributed by atoms with Crippen molar-refractivity contribution in [3.05, 3.63) is 65.2 Å². The third kappa shape index (κ3) is 4.77. The van der Waals surface area contributed by atoms with E-state index < -0.39 is 5.54 Å². The molecular weight excluding hydrogens is 402 g/mol. The van der Waals surface area contributed by atoms with Gasteiger partial charge >= 0.3 is 6.03 Å². The van der Waals surface area contributed by atoms with Gasteiger partial charge < -0.3 is 10.1 Å². The quantitative estimate of drug-likeness (QED) is 0.609. The number of likely N-dealkylation sites (N-methyl/N-ethyl adjacent to an activating group) is 1. The SMILES string of the molecule is CC(C)C[C@]1(c2ccccc2)NC(=O)N(CN(C)CCOc2ccccc2Cl)C1=O. The van der Waals surface area contributed by atoms with E-state index in [0.29, 0.717) is 30.3 Å². The van der Waals surface area contributed by atoms with Crippen molar-refractivity contribution in [2.45, 2.75) is 25.8 Å². The minimum atomic E-state index is -1.03. The van der Waals surface area contributed by atoms with Crippen LogP contribution in [0.3, 0.4) is 0 Å². The minimum Gasteiger partial charge on any atom is -0.491 e. The molecule has 1 atom stereocenters. The van der Waals surface area contributed by atoms with Crippen molar-refractivity contribution in [1.29, 1.82) is 0 Å². The van der Waals surface area contributed by atoms with Crippen LogP contribution >= 0.6 is 11.6 Å². The average Bonchev–Trinajstić information content (AvgIpc) is 2.94. The molecule has 0 unspecified atom stereocenters. The number of imide groups is 1. The van der Waals surface area contributed by atoms with Crippen molar-refractivity contribution >= 4 is 23.5 Å². The van der Waals surface area contributed by atoms with Gasteiger partial charge in [-0.2, -0.15) is 0 Å². The molecule has 0 radical (unpaired) electrons. The van der Waals surface area contributed by atoms with Crippen LogP contribution in [0.2, 0.25) is 5.02 Å². The second kappa shape index (κ2) is 9.49. The lowest BCUT2D eigenvalue weighted by molar-refractivity contribution is -0.133. The normalized spacial score (nSPS) is 18.9. The van der Waals surface area contributed by atoms with E-state index in [1.54, 1.807) is 12.1 Å². The molecule has 6 nitrogen and oxygen atoms in total. The molecule has 2 aromatic carbocycles. The number of para-hydroxylation sites is 1. The number of ether oxygens (including phenoxy) is 1. The molecule has 160 valence electrons. The van der Waals surface area contributed by atoms with Crippen LogP contribution in [-0.2, 0) is 10.3 Å². The molecule has 0 aromatic heterocycles. The Labute approximate surface area is 182 Å². The summed E-state index contributed by atoms with van der Waals surface area (Å²) >= 11 is 6.10. The maximum absolute atomic E-state index is 13.4. The number of hydrogen-bond acceptors (Lipinski definition) is 4. The highest BCUT2D eigenvalue weighted by atomic mass is 35.5. The number of rotatable bonds is 9. The molecule has 30 heavy (non-hydrogen) atoms. The second-order valence-corrected chi connectivity index (χ2v) is 8.44. The summed E-state index contributed by atoms with van der Waals surface area (Å²) in [6, 6.07) is 16.4. The number of amides is 3. The van der Waals surface area contributed by atoms with Gasteiger partial charge in [-0.3, -0.25) is 9.69 Å². The van der Waals surface area contributed by atoms with Crippen LogP contribution < -0.4 is 10.1 Å². The Morgan fingerprint density at radius 3 is 2.43 bits per heavy atom. The van der Waals surface area contributed by atoms with Crippen molar-refractivity contribution < 1.29 is 14.3 Å². The molecule has 1 aliphatic rings. The monoisotopic (exact) mass is 429 g/mol. The molecule has 0 aliphatic carbocycles. The van der Waals surface area contributed by atoms with Crippen LogP contribution in [-0.4, -0.2) is 48.6 Å². The largest absolute Gasteiger partial charge is 0.491 e. The summed E-state index contributed by atoms with van der Waals surface area (Å²) in [5.41, 5.74) is -0.217. The highest BCUT2D eigenvalue weighted by Crippen LogP contribution is 2.35. The number of benzene rings is 2. The zero-order valence-electron chi connectivity index (χ0n) is 17.6. The van der Waals surface area contributed by atoms with Gasteiger partial charge in [-0.05, 0) is 37.1 Å². The van der Waals surface area contributed by atoms with E-state index in [0.717, 1.165) is 5.56 Å². The molecule has 3 rings (SSSR count). The van der Waals surface area contributed by atoms with Crippen LogP contribution in [0.5, 0.6) is 5.75 Å². The molecule has 0 bridgehead atoms. The van der Waals surface area contributed by atoms with Gasteiger partial charge in [0.1, 0.15) is 17.9 Å². The highest BCUT2D eigenvalue weighted by Gasteiger charge is 2.52. The summed E-state index contributed by atoms with van der Waals surface area (Å²) in [5.74, 6) is 0.630. The summed E-state index contributed by atoms with van der Waals surface area (Å²) in [6.07, 6.45) is 0.539. The third-order valence-corrected chi connectivity index (χ3v) is 5.42. The summed E-state index contributed by atoms with van der Waals surface area (Å²) in [4.78, 5) is 29.3. The maximum atomic E-state index is 13.4. The van der Waals surface area contributed by atoms with E-state index in [4.69, 9.17) is 16.3 Å². The third-order valence-electron chi connectivity index (χ3n) is 5.11. The second-order valence-electron chi connectivity index (χ2n) is 8.03. The first-order valence-electron chi connectivity index (χ1n) is 10.1. The average molecular weight is 430 g/mol. The van der Waals surface area contributed by atoms with Crippen LogP contribution in [0.1, 0.15) is 25.8 Å². The number of nitrogens with one attached hydrogen (secondary N) is 1. The van der Waals surface area contributed by atoms with Crippen molar-refractivity contribution in [3.8, 4) is 5.75 Å². The molecule has 3 amide bonds. The van der Waals surface area contributed by atoms with Gasteiger partial charge in [-0.1, -0.05) is 67.9 Å². The van der Waals surface area contributed by atoms with Gasteiger partial charge in [0.2, 0.25) is 0 Å². The minimum absolute atomic E-state index is 0.184. The van der Waals surface area contributed by atoms with Gasteiger partial charge in [0.15, 0.2) is 0 Å². The first-order chi connectivity index (χ1) is 14.3. The summed E-state index contributed by atoms with van der Waals surface area (Å²) < 4.78 is 5.71. The zero-order valence-corrected chi connectivity index (χ0v) is 18.4. The van der Waals surface area contributed by atoms with Gasteiger partial charge in [0, 0.05) is 6.54 Å². The summed E-state index contributed by atoms with van der Waals surface area (Å²) in [5, 5.41) is 3.52. The number of urea groups is 1. The fourth-order valence-electron chi connectivity index (χ4n) is 3.73. The Bertz CT molecular complexity index is 890. The lowest BCUT2D eigenvalue weighted by Gasteiger charge is -2.29. The highest BCUT2D eigenvalue weighted by molar-refractivity contribution is 6.32. The van der Waals surface area contributed by atoms with Crippen molar-refractivity contribution in [1.82, 2.24) is 15.1 Å². The van der Waals surface area contributed by atoms with E-state index >= 15 is 0 Å². The Morgan fingerprint density at radius 1 is 1.10 bits per heavy atom. The first kappa shape index (κ1) is 22.1. The van der Waals surface area contributed by atoms with E-state index in [9.17, 15) is 9.59 Å². The van der Waals surface area contributed by atoms with Gasteiger partial charge in [-0.25, -0.2) is 9.69 Å². The Hall–Kier alpha value is -2.57. The molecule has 1 fully saturated rings. The predicted octanol–water partition coefficient (Wildman–Crippen LogP) is 4.10. The van der Waals surface area contributed by atoms with Crippen LogP contribution in [0.25, 0.3) is 0 Å². The molecule has 2 aromatic rings. The zero-order chi connectivity index (χ0) is 21.7. The molecule has 1 N–H and O–H groups in total. The van der Waals surface area contributed by atoms with Crippen LogP contribution in [0.15, 0.2) is 54.6 Å². The standard InChI is InChI=1S/C23H28ClN3O3/c1-17(2)15-23(18-9-5-4-6-10-18)21(28)27(22(29)25-23)16-26(3)13-14-30-20-12-8-7-11-19(20)24/h4-12,17H,13-16H2,1-3H3,(H,25,29)/t23-/m1/s1. The molecule has 7 heteroatoms. The number of nitrogens with zero attached hydrogens (tertiary/aromatic N) is 2. The molecule has 1 heterocycles. The molecule has 0 saturated carbocycles. The fourth-order valence-corrected chi connectivity index (χ4v) is 3.92. The Kier molecular flexibility index (Phi) is 7.00. The topological polar surface area (TPSA) is 61.9 Å². The van der Waals surface area contributed by atoms with E-state index in [2.05, 4.69) is 5.32 Å². The van der Waals surface area contributed by atoms with Crippen molar-refractivity contribution in [2.75, 3.05) is 26.9 Å². The number of halogens is 1. The molecular formula is C23H28ClN3O3. The molecule has 1 saturated heterocycles. The Morgan fingerprint density at radius 2 is 1.77 bits per heavy atom. The summed E-state index contributed by atoms with van der Waals surface area (Å²) in [6.45, 7) is 5.20. The Balaban J connectivity index is 1.66. The molecule has 0 spiro atoms. The van der Waals surface area contributed by atoms with Crippen LogP contribution in [0.4, 0.5) is 4.79 Å². The smallest absolute Gasteiger partial charge is 0.326 e. The first-order valence-corrected chi connectivity index (χ1v) is 10.5. The molecule has 1 aliphatic heterocycles. The van der Waals surface area contributed by atoms with Crippen LogP contribution in [0, 0.1) is 5.92 Å². The maximum Gasteiger partial charge on any atom is 0.326 e. The predicted molar refractivity (Wildman–Crippen MR) is 117 cm³/mol. The number of carbonyl (C=O) groups is 2. The number of hydrogen-bond donors (Lipinski definition) is 1. The van der Waals surface area contributed by atoms with E-state index in [1.807, 2.05) is 68.3 Å². The van der Waals surface area contributed by atoms with E-state index in [1.165, 1.54) is 4.90 Å². The lowest BCUT2D eigenvalue weighted by atomic mass is 9.82. The van der Waals surface area contributed by atoms with Gasteiger partial charge in [0.25, 0.3) is 5.91 Å². The number of carbonyl (C=O) groups excluding carboxylic acids is 2. The lowest BCUT2D eigenvalue weighted by Crippen LogP contribution is -2.46. The van der Waals surface area contributed by atoms with Crippen molar-refractivity contribution in [2.24, 2.45) is 5.92 Å². The summed E-state index contributed by atoms with van der Waals surface area (Å²) in [7, 11) is 1.85. The van der Waals surface area contributed by atoms with Gasteiger partial charge in [0.05, 0.1) is 11.7 Å². The van der Waals surface area contributed by atoms with E-state index in [-0.39, 0.29) is 24.5 Å². The van der Waals surface area contributed by atoms with Gasteiger partial charge in [-0.15, -0.1) is 0 Å². The van der Waals surface area contributed by atoms with Crippen molar-refractivity contribution in [3.63, 3.8) is 0 Å². The fraction of sp³-hybridized carbons (Fsp3) is 0.391.